The van der Waals surface area contributed by atoms with E-state index in [1.807, 2.05) is 6.07 Å². The van der Waals surface area contributed by atoms with Crippen molar-refractivity contribution >= 4 is 51.7 Å². The second-order valence-electron chi connectivity index (χ2n) is 3.92. The molecule has 94 valence electrons. The maximum atomic E-state index is 11.8. The molecule has 0 aliphatic rings. The van der Waals surface area contributed by atoms with Crippen LogP contribution in [0.15, 0.2) is 18.2 Å². The molecule has 1 unspecified atom stereocenters. The Kier molecular flexibility index (Phi) is 6.59. The highest BCUT2D eigenvalue weighted by molar-refractivity contribution is 14.1. The zero-order valence-electron chi connectivity index (χ0n) is 9.47. The van der Waals surface area contributed by atoms with E-state index in [9.17, 15) is 4.79 Å². The first-order chi connectivity index (χ1) is 8.04. The molecule has 0 radical (unpaired) electrons. The summed E-state index contributed by atoms with van der Waals surface area (Å²) in [6.45, 7) is 2.69. The van der Waals surface area contributed by atoms with Crippen LogP contribution in [0.25, 0.3) is 0 Å². The Morgan fingerprint density at radius 3 is 2.82 bits per heavy atom. The highest BCUT2D eigenvalue weighted by Gasteiger charge is 2.09. The first-order valence-corrected chi connectivity index (χ1v) is 7.33. The third kappa shape index (κ3) is 5.02. The Balaban J connectivity index is 2.55. The van der Waals surface area contributed by atoms with Crippen LogP contribution in [-0.4, -0.2) is 18.3 Å². The molecule has 1 aromatic carbocycles. The third-order valence-corrected chi connectivity index (χ3v) is 4.19. The standard InChI is InChI=1S/C12H14Cl2INO/c1-8(4-5-13)7-16-12(17)9-2-3-11(15)10(14)6-9/h2-3,6,8H,4-5,7H2,1H3,(H,16,17). The molecule has 0 saturated heterocycles. The van der Waals surface area contributed by atoms with Crippen LogP contribution in [0.5, 0.6) is 0 Å². The van der Waals surface area contributed by atoms with Crippen molar-refractivity contribution in [3.63, 3.8) is 0 Å². The number of nitrogens with one attached hydrogen (secondary N) is 1. The minimum atomic E-state index is -0.0928. The molecule has 0 bridgehead atoms. The Hall–Kier alpha value is -0.0000000000000000555. The fraction of sp³-hybridized carbons (Fsp3) is 0.417. The second kappa shape index (κ2) is 7.44. The Labute approximate surface area is 125 Å². The van der Waals surface area contributed by atoms with Gasteiger partial charge in [-0.25, -0.2) is 0 Å². The number of carbonyl (C=O) groups excluding carboxylic acids is 1. The van der Waals surface area contributed by atoms with Crippen LogP contribution in [0.4, 0.5) is 0 Å². The molecule has 1 atom stereocenters. The van der Waals surface area contributed by atoms with Crippen LogP contribution in [0.1, 0.15) is 23.7 Å². The quantitative estimate of drug-likeness (QED) is 0.603. The molecule has 0 aliphatic heterocycles. The molecule has 2 nitrogen and oxygen atoms in total. The van der Waals surface area contributed by atoms with Crippen molar-refractivity contribution in [1.29, 1.82) is 0 Å². The summed E-state index contributed by atoms with van der Waals surface area (Å²) in [5.41, 5.74) is 0.591. The van der Waals surface area contributed by atoms with Crippen LogP contribution in [-0.2, 0) is 0 Å². The van der Waals surface area contributed by atoms with Gasteiger partial charge in [-0.15, -0.1) is 11.6 Å². The van der Waals surface area contributed by atoms with E-state index in [1.54, 1.807) is 12.1 Å². The molecule has 1 aromatic rings. The van der Waals surface area contributed by atoms with E-state index in [-0.39, 0.29) is 5.91 Å². The van der Waals surface area contributed by atoms with Crippen LogP contribution >= 0.6 is 45.8 Å². The number of amides is 1. The van der Waals surface area contributed by atoms with Gasteiger partial charge in [0.15, 0.2) is 0 Å². The third-order valence-electron chi connectivity index (χ3n) is 2.39. The molecular formula is C12H14Cl2INO. The smallest absolute Gasteiger partial charge is 0.251 e. The monoisotopic (exact) mass is 385 g/mol. The van der Waals surface area contributed by atoms with Gasteiger partial charge in [0.1, 0.15) is 0 Å². The summed E-state index contributed by atoms with van der Waals surface area (Å²) in [6, 6.07) is 5.29. The number of benzene rings is 1. The zero-order valence-corrected chi connectivity index (χ0v) is 13.1. The molecule has 1 amide bonds. The number of rotatable bonds is 5. The molecule has 0 saturated carbocycles. The predicted molar refractivity (Wildman–Crippen MR) is 81.0 cm³/mol. The average Bonchev–Trinajstić information content (AvgIpc) is 2.30. The van der Waals surface area contributed by atoms with Gasteiger partial charge >= 0.3 is 0 Å². The van der Waals surface area contributed by atoms with Crippen molar-refractivity contribution in [1.82, 2.24) is 5.32 Å². The summed E-state index contributed by atoms with van der Waals surface area (Å²) >= 11 is 13.7. The molecule has 1 rings (SSSR count). The van der Waals surface area contributed by atoms with Gasteiger partial charge in [0.25, 0.3) is 5.91 Å². The largest absolute Gasteiger partial charge is 0.352 e. The molecule has 0 aromatic heterocycles. The number of alkyl halides is 1. The molecule has 0 fully saturated rings. The van der Waals surface area contributed by atoms with Crippen molar-refractivity contribution in [2.75, 3.05) is 12.4 Å². The fourth-order valence-electron chi connectivity index (χ4n) is 1.29. The van der Waals surface area contributed by atoms with Gasteiger partial charge in [0.05, 0.1) is 5.02 Å². The maximum Gasteiger partial charge on any atom is 0.251 e. The minimum Gasteiger partial charge on any atom is -0.352 e. The van der Waals surface area contributed by atoms with E-state index < -0.39 is 0 Å². The lowest BCUT2D eigenvalue weighted by atomic mass is 10.1. The van der Waals surface area contributed by atoms with E-state index >= 15 is 0 Å². The van der Waals surface area contributed by atoms with E-state index in [0.29, 0.717) is 28.9 Å². The summed E-state index contributed by atoms with van der Waals surface area (Å²) in [6.07, 6.45) is 0.898. The van der Waals surface area contributed by atoms with Crippen molar-refractivity contribution in [3.05, 3.63) is 32.4 Å². The summed E-state index contributed by atoms with van der Waals surface area (Å²) in [5.74, 6) is 0.910. The van der Waals surface area contributed by atoms with Crippen molar-refractivity contribution in [2.24, 2.45) is 5.92 Å². The van der Waals surface area contributed by atoms with E-state index in [0.717, 1.165) is 9.99 Å². The van der Waals surface area contributed by atoms with Gasteiger partial charge in [0, 0.05) is 21.6 Å². The van der Waals surface area contributed by atoms with Crippen LogP contribution in [0, 0.1) is 9.49 Å². The molecule has 1 N–H and O–H groups in total. The summed E-state index contributed by atoms with van der Waals surface area (Å²) in [5, 5.41) is 3.48. The topological polar surface area (TPSA) is 29.1 Å². The van der Waals surface area contributed by atoms with Crippen molar-refractivity contribution < 1.29 is 4.79 Å². The van der Waals surface area contributed by atoms with E-state index in [1.165, 1.54) is 0 Å². The fourth-order valence-corrected chi connectivity index (χ4v) is 2.18. The first kappa shape index (κ1) is 15.1. The average molecular weight is 386 g/mol. The SMILES string of the molecule is CC(CCCl)CNC(=O)c1ccc(I)c(Cl)c1. The molecule has 0 spiro atoms. The van der Waals surface area contributed by atoms with Crippen molar-refractivity contribution in [2.45, 2.75) is 13.3 Å². The van der Waals surface area contributed by atoms with Crippen molar-refractivity contribution in [3.8, 4) is 0 Å². The lowest BCUT2D eigenvalue weighted by Gasteiger charge is -2.11. The Morgan fingerprint density at radius 1 is 1.53 bits per heavy atom. The van der Waals surface area contributed by atoms with Gasteiger partial charge in [-0.2, -0.15) is 0 Å². The molecule has 5 heteroatoms. The number of carbonyl (C=O) groups is 1. The van der Waals surface area contributed by atoms with Gasteiger partial charge in [-0.1, -0.05) is 18.5 Å². The zero-order chi connectivity index (χ0) is 12.8. The van der Waals surface area contributed by atoms with Gasteiger partial charge in [-0.05, 0) is 53.1 Å². The van der Waals surface area contributed by atoms with E-state index in [4.69, 9.17) is 23.2 Å². The normalized spacial score (nSPS) is 12.2. The number of halogens is 3. The maximum absolute atomic E-state index is 11.8. The van der Waals surface area contributed by atoms with Gasteiger partial charge in [0.2, 0.25) is 0 Å². The number of hydrogen-bond acceptors (Lipinski definition) is 1. The highest BCUT2D eigenvalue weighted by Crippen LogP contribution is 2.19. The second-order valence-corrected chi connectivity index (χ2v) is 5.87. The molecular weight excluding hydrogens is 372 g/mol. The lowest BCUT2D eigenvalue weighted by Crippen LogP contribution is -2.28. The molecule has 0 aliphatic carbocycles. The number of hydrogen-bond donors (Lipinski definition) is 1. The lowest BCUT2D eigenvalue weighted by molar-refractivity contribution is 0.0948. The van der Waals surface area contributed by atoms with Gasteiger partial charge < -0.3 is 5.32 Å². The predicted octanol–water partition coefficient (Wildman–Crippen LogP) is 3.94. The van der Waals surface area contributed by atoms with Gasteiger partial charge in [-0.3, -0.25) is 4.79 Å². The van der Waals surface area contributed by atoms with Crippen LogP contribution < -0.4 is 5.32 Å². The Morgan fingerprint density at radius 2 is 2.24 bits per heavy atom. The first-order valence-electron chi connectivity index (χ1n) is 5.33. The molecule has 17 heavy (non-hydrogen) atoms. The summed E-state index contributed by atoms with van der Waals surface area (Å²) in [4.78, 5) is 11.8. The van der Waals surface area contributed by atoms with E-state index in [2.05, 4.69) is 34.8 Å². The highest BCUT2D eigenvalue weighted by atomic mass is 127. The van der Waals surface area contributed by atoms with Crippen LogP contribution in [0.3, 0.4) is 0 Å². The van der Waals surface area contributed by atoms with Crippen LogP contribution in [0.2, 0.25) is 5.02 Å². The minimum absolute atomic E-state index is 0.0928. The Bertz CT molecular complexity index is 398. The summed E-state index contributed by atoms with van der Waals surface area (Å²) < 4.78 is 0.941. The summed E-state index contributed by atoms with van der Waals surface area (Å²) in [7, 11) is 0. The molecule has 0 heterocycles.